The summed E-state index contributed by atoms with van der Waals surface area (Å²) in [5, 5.41) is 18.2. The van der Waals surface area contributed by atoms with Crippen LogP contribution in [0.2, 0.25) is 0 Å². The molecule has 1 aromatic rings. The highest BCUT2D eigenvalue weighted by atomic mass is 79.9. The van der Waals surface area contributed by atoms with Crippen LogP contribution in [0.1, 0.15) is 33.6 Å². The summed E-state index contributed by atoms with van der Waals surface area (Å²) in [6, 6.07) is -0.287. The average molecular weight is 427 g/mol. The van der Waals surface area contributed by atoms with Gasteiger partial charge in [-0.1, -0.05) is 20.8 Å². The maximum atomic E-state index is 12.4. The first-order chi connectivity index (χ1) is 12.1. The van der Waals surface area contributed by atoms with Crippen LogP contribution in [0.3, 0.4) is 0 Å². The second kappa shape index (κ2) is 6.68. The van der Waals surface area contributed by atoms with Gasteiger partial charge in [0.1, 0.15) is 11.0 Å². The predicted octanol–water partition coefficient (Wildman–Crippen LogP) is 2.28. The number of nitrogens with one attached hydrogen (secondary N) is 2. The number of carbonyl (C=O) groups excluding carboxylic acids is 1. The van der Waals surface area contributed by atoms with Gasteiger partial charge >= 0.3 is 12.0 Å². The standard InChI is InChI=1S/C17H23BrN4O4/c1-8-10-4-9(17(10,2)3)5-11(8)20-16(26)21-12-6-19-22(7-13(23)24)15(25)14(12)18/h6,8-11H,4-5,7H2,1-3H3,(H,23,24)(H2,20,21,26)/t8-,9+,10+,11+/m0/s1. The van der Waals surface area contributed by atoms with E-state index in [0.29, 0.717) is 23.2 Å². The highest BCUT2D eigenvalue weighted by Gasteiger charge is 2.56. The number of anilines is 1. The fraction of sp³-hybridized carbons (Fsp3) is 0.647. The van der Waals surface area contributed by atoms with Gasteiger partial charge in [-0.25, -0.2) is 9.48 Å². The Hall–Kier alpha value is -1.90. The number of urea groups is 1. The Kier molecular flexibility index (Phi) is 4.85. The molecule has 2 amide bonds. The first kappa shape index (κ1) is 18.9. The Morgan fingerprint density at radius 3 is 2.69 bits per heavy atom. The monoisotopic (exact) mass is 426 g/mol. The van der Waals surface area contributed by atoms with Crippen LogP contribution in [0.25, 0.3) is 0 Å². The van der Waals surface area contributed by atoms with Crippen molar-refractivity contribution in [3.8, 4) is 0 Å². The minimum absolute atomic E-state index is 0.0737. The molecule has 0 unspecified atom stereocenters. The molecule has 142 valence electrons. The normalized spacial score (nSPS) is 28.8. The van der Waals surface area contributed by atoms with E-state index in [2.05, 4.69) is 52.4 Å². The molecule has 0 spiro atoms. The molecule has 0 aromatic carbocycles. The predicted molar refractivity (Wildman–Crippen MR) is 98.9 cm³/mol. The molecule has 4 rings (SSSR count). The van der Waals surface area contributed by atoms with E-state index in [1.807, 2.05) is 0 Å². The van der Waals surface area contributed by atoms with Crippen LogP contribution in [0.15, 0.2) is 15.5 Å². The first-order valence-electron chi connectivity index (χ1n) is 8.66. The lowest BCUT2D eigenvalue weighted by molar-refractivity contribution is -0.138. The number of amides is 2. The van der Waals surface area contributed by atoms with Crippen LogP contribution < -0.4 is 16.2 Å². The van der Waals surface area contributed by atoms with Crippen LogP contribution >= 0.6 is 15.9 Å². The number of rotatable bonds is 4. The molecule has 2 bridgehead atoms. The molecular weight excluding hydrogens is 404 g/mol. The number of fused-ring (bicyclic) bond motifs is 2. The van der Waals surface area contributed by atoms with Gasteiger partial charge in [0, 0.05) is 6.04 Å². The summed E-state index contributed by atoms with van der Waals surface area (Å²) in [5.74, 6) is 0.464. The summed E-state index contributed by atoms with van der Waals surface area (Å²) in [6.07, 6.45) is 3.45. The van der Waals surface area contributed by atoms with Crippen molar-refractivity contribution >= 4 is 33.6 Å². The second-order valence-corrected chi connectivity index (χ2v) is 8.68. The Morgan fingerprint density at radius 2 is 2.12 bits per heavy atom. The number of carbonyl (C=O) groups is 2. The Balaban J connectivity index is 1.65. The maximum absolute atomic E-state index is 12.4. The van der Waals surface area contributed by atoms with Crippen molar-refractivity contribution in [3.05, 3.63) is 21.0 Å². The van der Waals surface area contributed by atoms with Crippen molar-refractivity contribution in [2.75, 3.05) is 5.32 Å². The Morgan fingerprint density at radius 1 is 1.42 bits per heavy atom. The van der Waals surface area contributed by atoms with E-state index >= 15 is 0 Å². The molecule has 1 heterocycles. The van der Waals surface area contributed by atoms with Crippen LogP contribution in [0.4, 0.5) is 10.5 Å². The summed E-state index contributed by atoms with van der Waals surface area (Å²) in [7, 11) is 0. The molecule has 3 aliphatic carbocycles. The SMILES string of the molecule is C[C@H]1[C@H]2C[C@H](C[C@H]1NC(=O)Nc1cnn(CC(=O)O)c(=O)c1Br)C2(C)C. The van der Waals surface area contributed by atoms with Gasteiger partial charge in [-0.2, -0.15) is 5.10 Å². The van der Waals surface area contributed by atoms with Crippen molar-refractivity contribution in [2.24, 2.45) is 23.2 Å². The van der Waals surface area contributed by atoms with Gasteiger partial charge in [0.2, 0.25) is 0 Å². The van der Waals surface area contributed by atoms with E-state index in [1.54, 1.807) is 0 Å². The number of halogens is 1. The highest BCUT2D eigenvalue weighted by molar-refractivity contribution is 9.10. The van der Waals surface area contributed by atoms with Crippen molar-refractivity contribution < 1.29 is 14.7 Å². The molecule has 0 aliphatic heterocycles. The lowest BCUT2D eigenvalue weighted by Gasteiger charge is -2.62. The lowest BCUT2D eigenvalue weighted by Crippen LogP contribution is -2.61. The third-order valence-electron chi connectivity index (χ3n) is 6.19. The first-order valence-corrected chi connectivity index (χ1v) is 9.45. The van der Waals surface area contributed by atoms with Crippen LogP contribution in [0.5, 0.6) is 0 Å². The van der Waals surface area contributed by atoms with Crippen molar-refractivity contribution in [3.63, 3.8) is 0 Å². The third-order valence-corrected chi connectivity index (χ3v) is 6.96. The number of aromatic nitrogens is 2. The Labute approximate surface area is 159 Å². The summed E-state index contributed by atoms with van der Waals surface area (Å²) >= 11 is 3.11. The molecule has 1 aromatic heterocycles. The molecule has 3 N–H and O–H groups in total. The number of aliphatic carboxylic acids is 1. The summed E-state index contributed by atoms with van der Waals surface area (Å²) in [4.78, 5) is 35.2. The highest BCUT2D eigenvalue weighted by Crippen LogP contribution is 2.61. The van der Waals surface area contributed by atoms with Crippen LogP contribution in [-0.4, -0.2) is 32.9 Å². The molecule has 26 heavy (non-hydrogen) atoms. The van der Waals surface area contributed by atoms with E-state index < -0.39 is 18.1 Å². The summed E-state index contributed by atoms with van der Waals surface area (Å²) < 4.78 is 0.887. The molecule has 4 atom stereocenters. The van der Waals surface area contributed by atoms with Crippen LogP contribution in [-0.2, 0) is 11.3 Å². The third kappa shape index (κ3) is 3.24. The van der Waals surface area contributed by atoms with E-state index in [0.717, 1.165) is 11.1 Å². The van der Waals surface area contributed by atoms with Gasteiger partial charge in [-0.05, 0) is 51.9 Å². The van der Waals surface area contributed by atoms with E-state index in [4.69, 9.17) is 5.11 Å². The molecule has 3 saturated carbocycles. The van der Waals surface area contributed by atoms with Gasteiger partial charge in [0.15, 0.2) is 0 Å². The molecule has 0 radical (unpaired) electrons. The molecular formula is C17H23BrN4O4. The molecule has 8 nitrogen and oxygen atoms in total. The molecule has 3 aliphatic rings. The van der Waals surface area contributed by atoms with Gasteiger partial charge in [-0.15, -0.1) is 0 Å². The van der Waals surface area contributed by atoms with Gasteiger partial charge in [0.05, 0.1) is 11.9 Å². The van der Waals surface area contributed by atoms with Crippen molar-refractivity contribution in [1.82, 2.24) is 15.1 Å². The average Bonchev–Trinajstić information content (AvgIpc) is 2.55. The van der Waals surface area contributed by atoms with Crippen molar-refractivity contribution in [1.29, 1.82) is 0 Å². The molecule has 9 heteroatoms. The van der Waals surface area contributed by atoms with E-state index in [-0.39, 0.29) is 22.2 Å². The number of nitrogens with zero attached hydrogens (tertiary/aromatic N) is 2. The minimum Gasteiger partial charge on any atom is -0.480 e. The second-order valence-electron chi connectivity index (χ2n) is 7.89. The Bertz CT molecular complexity index is 806. The number of carboxylic acids is 1. The summed E-state index contributed by atoms with van der Waals surface area (Å²) in [6.45, 7) is 6.24. The van der Waals surface area contributed by atoms with Gasteiger partial charge in [0.25, 0.3) is 5.56 Å². The topological polar surface area (TPSA) is 113 Å². The van der Waals surface area contributed by atoms with Crippen LogP contribution in [0, 0.1) is 23.2 Å². The van der Waals surface area contributed by atoms with Gasteiger partial charge < -0.3 is 15.7 Å². The fourth-order valence-electron chi connectivity index (χ4n) is 4.46. The summed E-state index contributed by atoms with van der Waals surface area (Å²) in [5.41, 5.74) is -0.0577. The largest absolute Gasteiger partial charge is 0.480 e. The quantitative estimate of drug-likeness (QED) is 0.683. The zero-order chi connectivity index (χ0) is 19.2. The van der Waals surface area contributed by atoms with E-state index in [1.165, 1.54) is 12.6 Å². The fourth-order valence-corrected chi connectivity index (χ4v) is 4.87. The smallest absolute Gasteiger partial charge is 0.325 e. The minimum atomic E-state index is -1.17. The van der Waals surface area contributed by atoms with Gasteiger partial charge in [-0.3, -0.25) is 9.59 Å². The number of carboxylic acid groups (broad SMARTS) is 1. The number of hydrogen-bond donors (Lipinski definition) is 3. The maximum Gasteiger partial charge on any atom is 0.325 e. The van der Waals surface area contributed by atoms with E-state index in [9.17, 15) is 14.4 Å². The molecule has 0 saturated heterocycles. The molecule has 3 fully saturated rings. The zero-order valence-corrected chi connectivity index (χ0v) is 16.5. The number of hydrogen-bond acceptors (Lipinski definition) is 4. The lowest BCUT2D eigenvalue weighted by atomic mass is 9.45. The zero-order valence-electron chi connectivity index (χ0n) is 15.0. The van der Waals surface area contributed by atoms with Crippen molar-refractivity contribution in [2.45, 2.75) is 46.2 Å².